The lowest BCUT2D eigenvalue weighted by Gasteiger charge is -2.29. The summed E-state index contributed by atoms with van der Waals surface area (Å²) in [6.07, 6.45) is 0.989. The molecular weight excluding hydrogens is 288 g/mol. The molecule has 0 bridgehead atoms. The number of aryl methyl sites for hydroxylation is 2. The quantitative estimate of drug-likeness (QED) is 0.946. The van der Waals surface area contributed by atoms with Crippen molar-refractivity contribution in [2.24, 2.45) is 0 Å². The Labute approximate surface area is 125 Å². The molecular formula is C15H14N2O3S. The lowest BCUT2D eigenvalue weighted by molar-refractivity contribution is -0.119. The van der Waals surface area contributed by atoms with Gasteiger partial charge in [-0.15, -0.1) is 11.3 Å². The predicted octanol–water partition coefficient (Wildman–Crippen LogP) is 2.63. The van der Waals surface area contributed by atoms with Gasteiger partial charge in [0.05, 0.1) is 12.1 Å². The smallest absolute Gasteiger partial charge is 0.335 e. The Bertz CT molecular complexity index is 723. The van der Waals surface area contributed by atoms with Crippen molar-refractivity contribution in [3.05, 3.63) is 45.4 Å². The number of aromatic nitrogens is 1. The van der Waals surface area contributed by atoms with Crippen LogP contribution >= 0.6 is 11.3 Å². The number of aromatic carboxylic acids is 1. The Hall–Kier alpha value is -2.21. The van der Waals surface area contributed by atoms with Gasteiger partial charge in [0.25, 0.3) is 0 Å². The molecule has 0 spiro atoms. The topological polar surface area (TPSA) is 70.5 Å². The molecule has 0 saturated heterocycles. The highest BCUT2D eigenvalue weighted by molar-refractivity contribution is 7.09. The van der Waals surface area contributed by atoms with Crippen molar-refractivity contribution in [2.75, 3.05) is 4.90 Å². The molecule has 0 radical (unpaired) electrons. The normalized spacial score (nSPS) is 14.1. The summed E-state index contributed by atoms with van der Waals surface area (Å²) in [6, 6.07) is 4.92. The van der Waals surface area contributed by atoms with Gasteiger partial charge < -0.3 is 10.0 Å². The van der Waals surface area contributed by atoms with E-state index < -0.39 is 5.97 Å². The zero-order valence-corrected chi connectivity index (χ0v) is 12.3. The number of carbonyl (C=O) groups is 2. The van der Waals surface area contributed by atoms with Gasteiger partial charge in [0.1, 0.15) is 5.01 Å². The number of anilines is 1. The number of rotatable bonds is 3. The van der Waals surface area contributed by atoms with Crippen molar-refractivity contribution >= 4 is 28.9 Å². The third-order valence-electron chi connectivity index (χ3n) is 3.49. The number of hydrogen-bond acceptors (Lipinski definition) is 4. The second-order valence-corrected chi connectivity index (χ2v) is 5.95. The monoisotopic (exact) mass is 302 g/mol. The van der Waals surface area contributed by atoms with E-state index in [0.717, 1.165) is 22.0 Å². The molecule has 0 atom stereocenters. The van der Waals surface area contributed by atoms with Crippen molar-refractivity contribution in [3.63, 3.8) is 0 Å². The molecule has 1 aliphatic rings. The third-order valence-corrected chi connectivity index (χ3v) is 4.44. The maximum absolute atomic E-state index is 12.2. The number of thiazole rings is 1. The van der Waals surface area contributed by atoms with Gasteiger partial charge in [-0.05, 0) is 37.1 Å². The van der Waals surface area contributed by atoms with Crippen LogP contribution in [0.3, 0.4) is 0 Å². The SMILES string of the molecule is Cc1csc(CN2C(=O)CCc3cc(C(=O)O)ccc32)n1. The minimum atomic E-state index is -0.947. The van der Waals surface area contributed by atoms with Crippen LogP contribution in [0.4, 0.5) is 5.69 Å². The molecule has 0 aliphatic carbocycles. The molecule has 1 aromatic heterocycles. The number of fused-ring (bicyclic) bond motifs is 1. The average molecular weight is 302 g/mol. The summed E-state index contributed by atoms with van der Waals surface area (Å²) in [7, 11) is 0. The van der Waals surface area contributed by atoms with Gasteiger partial charge in [-0.2, -0.15) is 0 Å². The first-order valence-corrected chi connectivity index (χ1v) is 7.50. The van der Waals surface area contributed by atoms with E-state index >= 15 is 0 Å². The Morgan fingerprint density at radius 3 is 2.90 bits per heavy atom. The van der Waals surface area contributed by atoms with Crippen LogP contribution < -0.4 is 4.90 Å². The summed E-state index contributed by atoms with van der Waals surface area (Å²) in [5.74, 6) is -0.893. The van der Waals surface area contributed by atoms with E-state index in [1.54, 1.807) is 23.1 Å². The minimum Gasteiger partial charge on any atom is -0.478 e. The number of benzene rings is 1. The Morgan fingerprint density at radius 2 is 2.24 bits per heavy atom. The van der Waals surface area contributed by atoms with E-state index in [1.165, 1.54) is 11.3 Å². The van der Waals surface area contributed by atoms with Crippen LogP contribution in [-0.4, -0.2) is 22.0 Å². The molecule has 1 aromatic carbocycles. The van der Waals surface area contributed by atoms with Crippen LogP contribution in [-0.2, 0) is 17.8 Å². The van der Waals surface area contributed by atoms with Gasteiger partial charge in [0.2, 0.25) is 5.91 Å². The Balaban J connectivity index is 1.95. The van der Waals surface area contributed by atoms with E-state index in [-0.39, 0.29) is 11.5 Å². The van der Waals surface area contributed by atoms with Gasteiger partial charge in [-0.25, -0.2) is 9.78 Å². The number of nitrogens with zero attached hydrogens (tertiary/aromatic N) is 2. The Morgan fingerprint density at radius 1 is 1.43 bits per heavy atom. The van der Waals surface area contributed by atoms with Crippen molar-refractivity contribution in [2.45, 2.75) is 26.3 Å². The van der Waals surface area contributed by atoms with Gasteiger partial charge in [0, 0.05) is 23.2 Å². The van der Waals surface area contributed by atoms with E-state index in [9.17, 15) is 9.59 Å². The van der Waals surface area contributed by atoms with Gasteiger partial charge in [-0.1, -0.05) is 0 Å². The highest BCUT2D eigenvalue weighted by Gasteiger charge is 2.25. The second-order valence-electron chi connectivity index (χ2n) is 5.01. The highest BCUT2D eigenvalue weighted by atomic mass is 32.1. The van der Waals surface area contributed by atoms with Crippen LogP contribution in [0.2, 0.25) is 0 Å². The first kappa shape index (κ1) is 13.8. The van der Waals surface area contributed by atoms with Crippen LogP contribution in [0.25, 0.3) is 0 Å². The standard InChI is InChI=1S/C15H14N2O3S/c1-9-8-21-13(16-9)7-17-12-4-2-11(15(19)20)6-10(12)3-5-14(17)18/h2,4,6,8H,3,5,7H2,1H3,(H,19,20). The molecule has 6 heteroatoms. The molecule has 2 heterocycles. The first-order valence-electron chi connectivity index (χ1n) is 6.62. The number of amides is 1. The molecule has 21 heavy (non-hydrogen) atoms. The van der Waals surface area contributed by atoms with Gasteiger partial charge in [0.15, 0.2) is 0 Å². The van der Waals surface area contributed by atoms with Crippen LogP contribution in [0.15, 0.2) is 23.6 Å². The molecule has 1 N–H and O–H groups in total. The molecule has 3 rings (SSSR count). The largest absolute Gasteiger partial charge is 0.478 e. The zero-order chi connectivity index (χ0) is 15.0. The second kappa shape index (κ2) is 5.29. The summed E-state index contributed by atoms with van der Waals surface area (Å²) >= 11 is 1.53. The fourth-order valence-corrected chi connectivity index (χ4v) is 3.24. The van der Waals surface area contributed by atoms with Crippen molar-refractivity contribution < 1.29 is 14.7 Å². The maximum atomic E-state index is 12.2. The van der Waals surface area contributed by atoms with E-state index in [0.29, 0.717) is 19.4 Å². The van der Waals surface area contributed by atoms with Crippen molar-refractivity contribution in [3.8, 4) is 0 Å². The first-order chi connectivity index (χ1) is 10.0. The summed E-state index contributed by atoms with van der Waals surface area (Å²) in [6.45, 7) is 2.36. The average Bonchev–Trinajstić information content (AvgIpc) is 2.87. The van der Waals surface area contributed by atoms with E-state index in [2.05, 4.69) is 4.98 Å². The van der Waals surface area contributed by atoms with E-state index in [4.69, 9.17) is 5.11 Å². The summed E-state index contributed by atoms with van der Waals surface area (Å²) < 4.78 is 0. The fraction of sp³-hybridized carbons (Fsp3) is 0.267. The highest BCUT2D eigenvalue weighted by Crippen LogP contribution is 2.30. The third kappa shape index (κ3) is 2.67. The van der Waals surface area contributed by atoms with Crippen molar-refractivity contribution in [1.29, 1.82) is 0 Å². The van der Waals surface area contributed by atoms with Gasteiger partial charge >= 0.3 is 5.97 Å². The molecule has 0 unspecified atom stereocenters. The lowest BCUT2D eigenvalue weighted by Crippen LogP contribution is -2.34. The van der Waals surface area contributed by atoms with Gasteiger partial charge in [-0.3, -0.25) is 4.79 Å². The number of hydrogen-bond donors (Lipinski definition) is 1. The molecule has 108 valence electrons. The fourth-order valence-electron chi connectivity index (χ4n) is 2.48. The molecule has 0 saturated carbocycles. The van der Waals surface area contributed by atoms with Crippen LogP contribution in [0.1, 0.15) is 33.0 Å². The van der Waals surface area contributed by atoms with Crippen molar-refractivity contribution in [1.82, 2.24) is 4.98 Å². The summed E-state index contributed by atoms with van der Waals surface area (Å²) in [5.41, 5.74) is 2.90. The lowest BCUT2D eigenvalue weighted by atomic mass is 9.98. The van der Waals surface area contributed by atoms with E-state index in [1.807, 2.05) is 12.3 Å². The number of carboxylic acid groups (broad SMARTS) is 1. The predicted molar refractivity (Wildman–Crippen MR) is 79.8 cm³/mol. The number of carboxylic acids is 1. The van der Waals surface area contributed by atoms with Crippen LogP contribution in [0.5, 0.6) is 0 Å². The molecule has 1 aliphatic heterocycles. The molecule has 2 aromatic rings. The molecule has 0 fully saturated rings. The van der Waals surface area contributed by atoms with Crippen LogP contribution in [0, 0.1) is 6.92 Å². The maximum Gasteiger partial charge on any atom is 0.335 e. The number of carbonyl (C=O) groups excluding carboxylic acids is 1. The molecule has 1 amide bonds. The molecule has 5 nitrogen and oxygen atoms in total. The summed E-state index contributed by atoms with van der Waals surface area (Å²) in [5, 5.41) is 11.9. The minimum absolute atomic E-state index is 0.0541. The zero-order valence-electron chi connectivity index (χ0n) is 11.5. The summed E-state index contributed by atoms with van der Waals surface area (Å²) in [4.78, 5) is 29.3. The Kier molecular flexibility index (Phi) is 3.47.